The molecule has 2 aliphatic rings. The van der Waals surface area contributed by atoms with E-state index in [1.54, 1.807) is 24.1 Å². The number of nitrogens with zero attached hydrogens (tertiary/aromatic N) is 5. The Morgan fingerprint density at radius 3 is 1.24 bits per heavy atom. The topological polar surface area (TPSA) is 84.5 Å². The lowest BCUT2D eigenvalue weighted by molar-refractivity contribution is -0.125. The molecule has 0 unspecified atom stereocenters. The summed E-state index contributed by atoms with van der Waals surface area (Å²) in [7, 11) is 1.66. The standard InChI is InChI=1S/C31H37N5O4S2/c1-6-33(7-2)24-14-10-22(11-15-24)18-26-28(37)35(30(39)41-26)20-32(5)21-36-29(38)27(42-31(36)40)19-23-12-16-25(17-13-23)34(8-3)9-4/h10-19H,6-9,20-21H2,1-5H3. The fourth-order valence-corrected chi connectivity index (χ4v) is 6.48. The summed E-state index contributed by atoms with van der Waals surface area (Å²) in [4.78, 5) is 60.5. The molecule has 0 bridgehead atoms. The molecule has 0 saturated carbocycles. The summed E-state index contributed by atoms with van der Waals surface area (Å²) < 4.78 is 0. The molecule has 0 atom stereocenters. The van der Waals surface area contributed by atoms with Crippen LogP contribution in [0.3, 0.4) is 0 Å². The van der Waals surface area contributed by atoms with Crippen LogP contribution in [-0.2, 0) is 9.59 Å². The van der Waals surface area contributed by atoms with Crippen molar-refractivity contribution in [2.75, 3.05) is 56.4 Å². The Labute approximate surface area is 256 Å². The van der Waals surface area contributed by atoms with Gasteiger partial charge >= 0.3 is 0 Å². The van der Waals surface area contributed by atoms with Crippen LogP contribution in [0.2, 0.25) is 0 Å². The van der Waals surface area contributed by atoms with Gasteiger partial charge in [0.05, 0.1) is 23.1 Å². The average Bonchev–Trinajstić information content (AvgIpc) is 3.40. The highest BCUT2D eigenvalue weighted by Crippen LogP contribution is 2.34. The number of rotatable bonds is 12. The first-order valence-corrected chi connectivity index (χ1v) is 15.7. The van der Waals surface area contributed by atoms with Crippen molar-refractivity contribution in [2.24, 2.45) is 0 Å². The van der Waals surface area contributed by atoms with Gasteiger partial charge in [-0.2, -0.15) is 0 Å². The van der Waals surface area contributed by atoms with E-state index in [0.717, 1.165) is 82.0 Å². The maximum Gasteiger partial charge on any atom is 0.294 e. The quantitative estimate of drug-likeness (QED) is 0.270. The van der Waals surface area contributed by atoms with E-state index in [2.05, 4.69) is 37.5 Å². The minimum atomic E-state index is -0.396. The number of benzene rings is 2. The number of hydrogen-bond acceptors (Lipinski definition) is 9. The van der Waals surface area contributed by atoms with Crippen LogP contribution in [0, 0.1) is 0 Å². The lowest BCUT2D eigenvalue weighted by Crippen LogP contribution is -2.45. The number of thioether (sulfide) groups is 2. The molecule has 0 aromatic heterocycles. The van der Waals surface area contributed by atoms with Gasteiger partial charge in [-0.05, 0) is 106 Å². The molecule has 11 heteroatoms. The maximum absolute atomic E-state index is 13.1. The summed E-state index contributed by atoms with van der Waals surface area (Å²) in [5.41, 5.74) is 3.86. The fourth-order valence-electron chi connectivity index (χ4n) is 4.81. The van der Waals surface area contributed by atoms with Crippen LogP contribution in [0.15, 0.2) is 58.3 Å². The number of amides is 4. The van der Waals surface area contributed by atoms with E-state index in [1.807, 2.05) is 48.5 Å². The van der Waals surface area contributed by atoms with E-state index in [9.17, 15) is 19.2 Å². The lowest BCUT2D eigenvalue weighted by Gasteiger charge is -2.25. The molecular formula is C31H37N5O4S2. The van der Waals surface area contributed by atoms with E-state index in [-0.39, 0.29) is 23.8 Å². The van der Waals surface area contributed by atoms with Gasteiger partial charge in [-0.15, -0.1) is 0 Å². The summed E-state index contributed by atoms with van der Waals surface area (Å²) in [6, 6.07) is 15.7. The highest BCUT2D eigenvalue weighted by molar-refractivity contribution is 8.18. The molecule has 2 aliphatic heterocycles. The largest absolute Gasteiger partial charge is 0.372 e. The monoisotopic (exact) mass is 607 g/mol. The first-order chi connectivity index (χ1) is 20.2. The number of anilines is 2. The Hall–Kier alpha value is -3.54. The van der Waals surface area contributed by atoms with Crippen LogP contribution in [0.1, 0.15) is 38.8 Å². The molecular weight excluding hydrogens is 571 g/mol. The summed E-state index contributed by atoms with van der Waals surface area (Å²) >= 11 is 1.77. The van der Waals surface area contributed by atoms with Crippen molar-refractivity contribution < 1.29 is 19.2 Å². The van der Waals surface area contributed by atoms with Gasteiger partial charge in [0.15, 0.2) is 0 Å². The summed E-state index contributed by atoms with van der Waals surface area (Å²) in [5.74, 6) is -0.793. The predicted molar refractivity (Wildman–Crippen MR) is 173 cm³/mol. The second-order valence-corrected chi connectivity index (χ2v) is 11.9. The minimum absolute atomic E-state index is 0.0451. The third-order valence-corrected chi connectivity index (χ3v) is 8.97. The Kier molecular flexibility index (Phi) is 10.5. The summed E-state index contributed by atoms with van der Waals surface area (Å²) in [6.07, 6.45) is 3.43. The van der Waals surface area contributed by atoms with Crippen LogP contribution in [0.5, 0.6) is 0 Å². The van der Waals surface area contributed by atoms with Gasteiger partial charge in [-0.25, -0.2) is 0 Å². The molecule has 222 valence electrons. The first-order valence-electron chi connectivity index (χ1n) is 14.1. The number of carbonyl (C=O) groups is 4. The van der Waals surface area contributed by atoms with E-state index in [4.69, 9.17) is 0 Å². The number of imide groups is 2. The zero-order valence-electron chi connectivity index (χ0n) is 24.7. The Morgan fingerprint density at radius 1 is 0.595 bits per heavy atom. The lowest BCUT2D eigenvalue weighted by atomic mass is 10.1. The molecule has 4 amide bonds. The van der Waals surface area contributed by atoms with Crippen molar-refractivity contribution in [3.8, 4) is 0 Å². The van der Waals surface area contributed by atoms with E-state index in [1.165, 1.54) is 0 Å². The molecule has 42 heavy (non-hydrogen) atoms. The van der Waals surface area contributed by atoms with Crippen molar-refractivity contribution in [1.82, 2.24) is 14.7 Å². The van der Waals surface area contributed by atoms with Crippen molar-refractivity contribution in [2.45, 2.75) is 27.7 Å². The van der Waals surface area contributed by atoms with Crippen molar-refractivity contribution in [3.05, 3.63) is 69.5 Å². The molecule has 0 radical (unpaired) electrons. The third kappa shape index (κ3) is 7.08. The Bertz CT molecular complexity index is 1280. The van der Waals surface area contributed by atoms with Gasteiger partial charge in [0.25, 0.3) is 22.3 Å². The second kappa shape index (κ2) is 14.1. The number of carbonyl (C=O) groups excluding carboxylic acids is 4. The Balaban J connectivity index is 1.37. The first kappa shape index (κ1) is 31.4. The highest BCUT2D eigenvalue weighted by Gasteiger charge is 2.38. The van der Waals surface area contributed by atoms with Crippen molar-refractivity contribution in [3.63, 3.8) is 0 Å². The normalized spacial score (nSPS) is 17.5. The van der Waals surface area contributed by atoms with Crippen LogP contribution in [0.4, 0.5) is 21.0 Å². The molecule has 0 spiro atoms. The highest BCUT2D eigenvalue weighted by atomic mass is 32.2. The molecule has 2 aromatic rings. The molecule has 0 N–H and O–H groups in total. The third-order valence-electron chi connectivity index (χ3n) is 7.15. The Morgan fingerprint density at radius 2 is 0.929 bits per heavy atom. The molecule has 2 saturated heterocycles. The van der Waals surface area contributed by atoms with Gasteiger partial charge < -0.3 is 9.80 Å². The average molecular weight is 608 g/mol. The van der Waals surface area contributed by atoms with Crippen LogP contribution in [-0.4, -0.2) is 83.6 Å². The van der Waals surface area contributed by atoms with Gasteiger partial charge in [0.2, 0.25) is 0 Å². The number of hydrogen-bond donors (Lipinski definition) is 0. The van der Waals surface area contributed by atoms with Crippen LogP contribution >= 0.6 is 23.5 Å². The SMILES string of the molecule is CCN(CC)c1ccc(C=C2SC(=O)N(CN(C)CN3C(=O)SC(=Cc4ccc(N(CC)CC)cc4)C3=O)C2=O)cc1. The van der Waals surface area contributed by atoms with Gasteiger partial charge in [0.1, 0.15) is 0 Å². The molecule has 2 fully saturated rings. The van der Waals surface area contributed by atoms with E-state index < -0.39 is 11.8 Å². The molecule has 0 aliphatic carbocycles. The zero-order chi connectivity index (χ0) is 30.4. The van der Waals surface area contributed by atoms with Crippen molar-refractivity contribution >= 4 is 69.3 Å². The zero-order valence-corrected chi connectivity index (χ0v) is 26.3. The molecule has 9 nitrogen and oxygen atoms in total. The predicted octanol–water partition coefficient (Wildman–Crippen LogP) is 6.00. The minimum Gasteiger partial charge on any atom is -0.372 e. The van der Waals surface area contributed by atoms with Gasteiger partial charge in [-0.1, -0.05) is 24.3 Å². The van der Waals surface area contributed by atoms with E-state index >= 15 is 0 Å². The second-order valence-electron chi connectivity index (χ2n) is 9.89. The van der Waals surface area contributed by atoms with Crippen LogP contribution in [0.25, 0.3) is 12.2 Å². The molecule has 4 rings (SSSR count). The van der Waals surface area contributed by atoms with E-state index in [0.29, 0.717) is 9.81 Å². The van der Waals surface area contributed by atoms with Crippen LogP contribution < -0.4 is 9.80 Å². The van der Waals surface area contributed by atoms with Crippen molar-refractivity contribution in [1.29, 1.82) is 0 Å². The summed E-state index contributed by atoms with van der Waals surface area (Å²) in [5, 5.41) is -0.778. The molecule has 2 aromatic carbocycles. The fraction of sp³-hybridized carbons (Fsp3) is 0.355. The smallest absolute Gasteiger partial charge is 0.294 e. The van der Waals surface area contributed by atoms with Gasteiger partial charge in [0, 0.05) is 37.6 Å². The van der Waals surface area contributed by atoms with Gasteiger partial charge in [-0.3, -0.25) is 33.9 Å². The molecule has 2 heterocycles. The maximum atomic E-state index is 13.1. The summed E-state index contributed by atoms with van der Waals surface area (Å²) in [6.45, 7) is 11.9.